The molecule has 5 heteroatoms. The third kappa shape index (κ3) is 2.80. The lowest BCUT2D eigenvalue weighted by Gasteiger charge is -2.04. The summed E-state index contributed by atoms with van der Waals surface area (Å²) in [6.45, 7) is 4.16. The quantitative estimate of drug-likeness (QED) is 0.811. The Balaban J connectivity index is 2.49. The highest BCUT2D eigenvalue weighted by atomic mass is 79.9. The van der Waals surface area contributed by atoms with Gasteiger partial charge in [0.1, 0.15) is 0 Å². The number of hydrogen-bond acceptors (Lipinski definition) is 3. The van der Waals surface area contributed by atoms with Crippen molar-refractivity contribution in [2.45, 2.75) is 13.5 Å². The van der Waals surface area contributed by atoms with Gasteiger partial charge in [0.2, 0.25) is 0 Å². The molecule has 0 aromatic carbocycles. The molecule has 80 valence electrons. The van der Waals surface area contributed by atoms with Crippen molar-refractivity contribution in [1.29, 1.82) is 0 Å². The minimum absolute atomic E-state index is 0.597. The predicted molar refractivity (Wildman–Crippen MR) is 59.2 cm³/mol. The van der Waals surface area contributed by atoms with E-state index in [9.17, 15) is 0 Å². The maximum absolute atomic E-state index is 5.48. The summed E-state index contributed by atoms with van der Waals surface area (Å²) in [5.41, 5.74) is 2.08. The highest BCUT2D eigenvalue weighted by molar-refractivity contribution is 9.10. The highest BCUT2D eigenvalue weighted by Gasteiger charge is 2.09. The second-order valence-corrected chi connectivity index (χ2v) is 3.92. The van der Waals surface area contributed by atoms with Crippen LogP contribution < -0.4 is 5.32 Å². The number of nitrogens with one attached hydrogen (secondary N) is 1. The number of hydrogen-bond donors (Lipinski definition) is 1. The predicted octanol–water partition coefficient (Wildman–Crippen LogP) is 1.23. The van der Waals surface area contributed by atoms with Crippen LogP contribution >= 0.6 is 15.9 Å². The van der Waals surface area contributed by atoms with E-state index in [1.165, 1.54) is 0 Å². The topological polar surface area (TPSA) is 39.1 Å². The molecule has 1 aromatic heterocycles. The van der Waals surface area contributed by atoms with Gasteiger partial charge in [-0.3, -0.25) is 4.68 Å². The molecule has 14 heavy (non-hydrogen) atoms. The molecule has 1 aromatic rings. The number of aromatic nitrogens is 2. The second-order valence-electron chi connectivity index (χ2n) is 3.13. The average Bonchev–Trinajstić information content (AvgIpc) is 2.38. The van der Waals surface area contributed by atoms with Crippen molar-refractivity contribution < 1.29 is 4.74 Å². The Labute approximate surface area is 92.8 Å². The fourth-order valence-corrected chi connectivity index (χ4v) is 1.63. The van der Waals surface area contributed by atoms with Crippen molar-refractivity contribution >= 4 is 15.9 Å². The zero-order chi connectivity index (χ0) is 10.6. The van der Waals surface area contributed by atoms with Gasteiger partial charge >= 0.3 is 0 Å². The number of nitrogens with zero attached hydrogens (tertiary/aromatic N) is 2. The van der Waals surface area contributed by atoms with Crippen LogP contribution in [0.1, 0.15) is 11.4 Å². The molecule has 0 atom stereocenters. The molecule has 1 heterocycles. The normalized spacial score (nSPS) is 10.9. The average molecular weight is 262 g/mol. The molecule has 0 aliphatic carbocycles. The van der Waals surface area contributed by atoms with Crippen LogP contribution in [0.4, 0.5) is 0 Å². The Kier molecular flexibility index (Phi) is 4.57. The van der Waals surface area contributed by atoms with Crippen molar-refractivity contribution in [3.05, 3.63) is 15.9 Å². The largest absolute Gasteiger partial charge is 0.374 e. The van der Waals surface area contributed by atoms with E-state index in [0.717, 1.165) is 22.4 Å². The summed E-state index contributed by atoms with van der Waals surface area (Å²) in [7, 11) is 3.84. The summed E-state index contributed by atoms with van der Waals surface area (Å²) in [4.78, 5) is 0. The fourth-order valence-electron chi connectivity index (χ4n) is 1.18. The first-order valence-corrected chi connectivity index (χ1v) is 5.36. The van der Waals surface area contributed by atoms with Gasteiger partial charge in [-0.05, 0) is 29.9 Å². The third-order valence-corrected chi connectivity index (χ3v) is 3.03. The lowest BCUT2D eigenvalue weighted by atomic mass is 10.4. The van der Waals surface area contributed by atoms with Crippen LogP contribution in [0, 0.1) is 6.92 Å². The zero-order valence-electron chi connectivity index (χ0n) is 8.80. The van der Waals surface area contributed by atoms with Crippen LogP contribution in [0.5, 0.6) is 0 Å². The smallest absolute Gasteiger partial charge is 0.0896 e. The van der Waals surface area contributed by atoms with Gasteiger partial charge in [-0.1, -0.05) is 0 Å². The molecule has 0 saturated heterocycles. The molecule has 0 bridgehead atoms. The third-order valence-electron chi connectivity index (χ3n) is 2.00. The van der Waals surface area contributed by atoms with Crippen molar-refractivity contribution in [3.8, 4) is 0 Å². The Morgan fingerprint density at radius 2 is 2.29 bits per heavy atom. The lowest BCUT2D eigenvalue weighted by Crippen LogP contribution is -2.14. The van der Waals surface area contributed by atoms with E-state index in [4.69, 9.17) is 4.74 Å². The maximum Gasteiger partial charge on any atom is 0.0896 e. The first-order chi connectivity index (χ1) is 6.66. The summed E-state index contributed by atoms with van der Waals surface area (Å²) in [6, 6.07) is 0. The van der Waals surface area contributed by atoms with Gasteiger partial charge in [0.05, 0.1) is 29.1 Å². The molecular weight excluding hydrogens is 246 g/mol. The van der Waals surface area contributed by atoms with Gasteiger partial charge in [0, 0.05) is 13.6 Å². The first-order valence-electron chi connectivity index (χ1n) is 4.57. The molecule has 0 fully saturated rings. The summed E-state index contributed by atoms with van der Waals surface area (Å²) in [5, 5.41) is 7.31. The Bertz CT molecular complexity index is 298. The van der Waals surface area contributed by atoms with E-state index < -0.39 is 0 Å². The van der Waals surface area contributed by atoms with E-state index >= 15 is 0 Å². The van der Waals surface area contributed by atoms with Gasteiger partial charge < -0.3 is 10.1 Å². The molecular formula is C9H16BrN3O. The van der Waals surface area contributed by atoms with Crippen LogP contribution in [0.3, 0.4) is 0 Å². The van der Waals surface area contributed by atoms with E-state index in [1.807, 2.05) is 25.7 Å². The monoisotopic (exact) mass is 261 g/mol. The van der Waals surface area contributed by atoms with Gasteiger partial charge in [-0.15, -0.1) is 0 Å². The number of likely N-dealkylation sites (N-methyl/N-ethyl adjacent to an activating group) is 1. The number of rotatable bonds is 5. The summed E-state index contributed by atoms with van der Waals surface area (Å²) >= 11 is 3.49. The molecule has 0 aliphatic rings. The molecule has 0 spiro atoms. The molecule has 0 unspecified atom stereocenters. The molecule has 0 saturated carbocycles. The summed E-state index contributed by atoms with van der Waals surface area (Å²) in [5.74, 6) is 0. The van der Waals surface area contributed by atoms with Crippen LogP contribution in [0.2, 0.25) is 0 Å². The highest BCUT2D eigenvalue weighted by Crippen LogP contribution is 2.20. The van der Waals surface area contributed by atoms with Crippen molar-refractivity contribution in [2.75, 3.05) is 20.2 Å². The van der Waals surface area contributed by atoms with E-state index in [2.05, 4.69) is 26.3 Å². The van der Waals surface area contributed by atoms with E-state index in [1.54, 1.807) is 0 Å². The molecule has 0 amide bonds. The van der Waals surface area contributed by atoms with Crippen molar-refractivity contribution in [3.63, 3.8) is 0 Å². The molecule has 4 nitrogen and oxygen atoms in total. The van der Waals surface area contributed by atoms with Gasteiger partial charge in [-0.2, -0.15) is 5.10 Å². The molecule has 1 N–H and O–H groups in total. The van der Waals surface area contributed by atoms with Crippen molar-refractivity contribution in [1.82, 2.24) is 15.1 Å². The minimum Gasteiger partial charge on any atom is -0.374 e. The Morgan fingerprint density at radius 3 is 2.79 bits per heavy atom. The maximum atomic E-state index is 5.48. The lowest BCUT2D eigenvalue weighted by molar-refractivity contribution is 0.118. The zero-order valence-corrected chi connectivity index (χ0v) is 10.4. The number of ether oxygens (including phenoxy) is 1. The van der Waals surface area contributed by atoms with Gasteiger partial charge in [0.15, 0.2) is 0 Å². The van der Waals surface area contributed by atoms with Crippen molar-refractivity contribution in [2.24, 2.45) is 7.05 Å². The SMILES string of the molecule is CNCCOCc1c(Br)c(C)nn1C. The van der Waals surface area contributed by atoms with Crippen LogP contribution in [-0.2, 0) is 18.4 Å². The molecule has 0 radical (unpaired) electrons. The molecule has 1 rings (SSSR count). The molecule has 0 aliphatic heterocycles. The Hall–Kier alpha value is -0.390. The van der Waals surface area contributed by atoms with Crippen LogP contribution in [0.15, 0.2) is 4.47 Å². The Morgan fingerprint density at radius 1 is 1.57 bits per heavy atom. The number of halogens is 1. The standard InChI is InChI=1S/C9H16BrN3O/c1-7-9(10)8(13(3)12-7)6-14-5-4-11-2/h11H,4-6H2,1-3H3. The van der Waals surface area contributed by atoms with Crippen LogP contribution in [-0.4, -0.2) is 30.0 Å². The van der Waals surface area contributed by atoms with E-state index in [0.29, 0.717) is 13.2 Å². The second kappa shape index (κ2) is 5.48. The van der Waals surface area contributed by atoms with Gasteiger partial charge in [0.25, 0.3) is 0 Å². The minimum atomic E-state index is 0.597. The van der Waals surface area contributed by atoms with Gasteiger partial charge in [-0.25, -0.2) is 0 Å². The fraction of sp³-hybridized carbons (Fsp3) is 0.667. The summed E-state index contributed by atoms with van der Waals surface area (Å²) < 4.78 is 8.37. The number of aryl methyl sites for hydroxylation is 2. The van der Waals surface area contributed by atoms with E-state index in [-0.39, 0.29) is 0 Å². The first kappa shape index (κ1) is 11.7. The summed E-state index contributed by atoms with van der Waals surface area (Å²) in [6.07, 6.45) is 0. The van der Waals surface area contributed by atoms with Crippen LogP contribution in [0.25, 0.3) is 0 Å².